The minimum Gasteiger partial charge on any atom is -0.314 e. The van der Waals surface area contributed by atoms with Gasteiger partial charge in [0.15, 0.2) is 0 Å². The fraction of sp³-hybridized carbons (Fsp3) is 1.00. The molecule has 1 heteroatoms. The third kappa shape index (κ3) is 5.25. The molecule has 0 radical (unpaired) electrons. The van der Waals surface area contributed by atoms with Crippen LogP contribution in [0.15, 0.2) is 0 Å². The van der Waals surface area contributed by atoms with Gasteiger partial charge in [-0.15, -0.1) is 0 Å². The average molecular weight is 157 g/mol. The number of rotatable bonds is 5. The van der Waals surface area contributed by atoms with Crippen LogP contribution >= 0.6 is 0 Å². The summed E-state index contributed by atoms with van der Waals surface area (Å²) in [7, 11) is 0. The maximum atomic E-state index is 3.51. The Hall–Kier alpha value is -0.0400. The van der Waals surface area contributed by atoms with Gasteiger partial charge in [0.2, 0.25) is 0 Å². The molecular weight excluding hydrogens is 134 g/mol. The van der Waals surface area contributed by atoms with E-state index >= 15 is 0 Å². The Kier molecular flexibility index (Phi) is 5.57. The molecule has 0 saturated heterocycles. The van der Waals surface area contributed by atoms with Gasteiger partial charge in [0.25, 0.3) is 0 Å². The van der Waals surface area contributed by atoms with Crippen molar-refractivity contribution in [1.29, 1.82) is 0 Å². The number of nitrogens with one attached hydrogen (secondary N) is 1. The molecular formula is C10H23N. The Balaban J connectivity index is 3.37. The van der Waals surface area contributed by atoms with Crippen LogP contribution in [0.4, 0.5) is 0 Å². The van der Waals surface area contributed by atoms with Crippen molar-refractivity contribution in [3.63, 3.8) is 0 Å². The molecule has 0 rings (SSSR count). The maximum absolute atomic E-state index is 3.51. The summed E-state index contributed by atoms with van der Waals surface area (Å²) in [5.41, 5.74) is 0. The summed E-state index contributed by atoms with van der Waals surface area (Å²) in [4.78, 5) is 0. The second kappa shape index (κ2) is 5.59. The first kappa shape index (κ1) is 11.0. The normalized spacial score (nSPS) is 16.9. The highest BCUT2D eigenvalue weighted by molar-refractivity contribution is 4.64. The molecule has 0 spiro atoms. The number of hydrogen-bond donors (Lipinski definition) is 1. The van der Waals surface area contributed by atoms with Gasteiger partial charge in [-0.25, -0.2) is 0 Å². The lowest BCUT2D eigenvalue weighted by Gasteiger charge is -2.19. The van der Waals surface area contributed by atoms with Gasteiger partial charge in [0.05, 0.1) is 0 Å². The molecule has 0 aliphatic heterocycles. The molecule has 0 aromatic carbocycles. The van der Waals surface area contributed by atoms with Crippen molar-refractivity contribution >= 4 is 0 Å². The molecule has 0 aliphatic carbocycles. The SMILES string of the molecule is CCC(C)NCC(C)C(C)C. The minimum atomic E-state index is 0.677. The fourth-order valence-corrected chi connectivity index (χ4v) is 0.767. The van der Waals surface area contributed by atoms with Gasteiger partial charge in [-0.3, -0.25) is 0 Å². The van der Waals surface area contributed by atoms with Gasteiger partial charge in [0.1, 0.15) is 0 Å². The average Bonchev–Trinajstić information content (AvgIpc) is 1.99. The summed E-state index contributed by atoms with van der Waals surface area (Å²) in [6.07, 6.45) is 1.23. The Morgan fingerprint density at radius 3 is 2.00 bits per heavy atom. The van der Waals surface area contributed by atoms with Crippen LogP contribution in [0.1, 0.15) is 41.0 Å². The van der Waals surface area contributed by atoms with Crippen molar-refractivity contribution in [3.8, 4) is 0 Å². The van der Waals surface area contributed by atoms with E-state index in [1.54, 1.807) is 0 Å². The number of hydrogen-bond acceptors (Lipinski definition) is 1. The first-order valence-corrected chi connectivity index (χ1v) is 4.81. The summed E-state index contributed by atoms with van der Waals surface area (Å²) >= 11 is 0. The van der Waals surface area contributed by atoms with Crippen LogP contribution in [0.3, 0.4) is 0 Å². The summed E-state index contributed by atoms with van der Waals surface area (Å²) in [5.74, 6) is 1.59. The summed E-state index contributed by atoms with van der Waals surface area (Å²) in [5, 5.41) is 3.51. The fourth-order valence-electron chi connectivity index (χ4n) is 0.767. The molecule has 11 heavy (non-hydrogen) atoms. The van der Waals surface area contributed by atoms with Crippen molar-refractivity contribution in [2.75, 3.05) is 6.54 Å². The standard InChI is InChI=1S/C10H23N/c1-6-10(5)11-7-9(4)8(2)3/h8-11H,6-7H2,1-5H3. The van der Waals surface area contributed by atoms with Gasteiger partial charge < -0.3 is 5.32 Å². The summed E-state index contributed by atoms with van der Waals surface area (Å²) < 4.78 is 0. The van der Waals surface area contributed by atoms with E-state index in [2.05, 4.69) is 39.9 Å². The van der Waals surface area contributed by atoms with Crippen LogP contribution in [0, 0.1) is 11.8 Å². The Labute approximate surface area is 71.6 Å². The van der Waals surface area contributed by atoms with Crippen molar-refractivity contribution in [1.82, 2.24) is 5.32 Å². The lowest BCUT2D eigenvalue weighted by Crippen LogP contribution is -2.31. The zero-order valence-electron chi connectivity index (χ0n) is 8.65. The van der Waals surface area contributed by atoms with E-state index in [-0.39, 0.29) is 0 Å². The van der Waals surface area contributed by atoms with E-state index in [0.29, 0.717) is 6.04 Å². The molecule has 0 saturated carbocycles. The molecule has 2 atom stereocenters. The summed E-state index contributed by atoms with van der Waals surface area (Å²) in [6, 6.07) is 0.677. The van der Waals surface area contributed by atoms with Gasteiger partial charge in [0, 0.05) is 6.04 Å². The highest BCUT2D eigenvalue weighted by Gasteiger charge is 2.07. The topological polar surface area (TPSA) is 12.0 Å². The van der Waals surface area contributed by atoms with E-state index in [0.717, 1.165) is 18.4 Å². The van der Waals surface area contributed by atoms with Crippen molar-refractivity contribution in [2.24, 2.45) is 11.8 Å². The highest BCUT2D eigenvalue weighted by Crippen LogP contribution is 2.07. The third-order valence-corrected chi connectivity index (χ3v) is 2.54. The summed E-state index contributed by atoms with van der Waals surface area (Å²) in [6.45, 7) is 12.5. The quantitative estimate of drug-likeness (QED) is 0.647. The Bertz CT molecular complexity index is 88.9. The molecule has 1 nitrogen and oxygen atoms in total. The van der Waals surface area contributed by atoms with E-state index < -0.39 is 0 Å². The molecule has 68 valence electrons. The third-order valence-electron chi connectivity index (χ3n) is 2.54. The van der Waals surface area contributed by atoms with E-state index in [1.165, 1.54) is 6.42 Å². The largest absolute Gasteiger partial charge is 0.314 e. The second-order valence-corrected chi connectivity index (χ2v) is 3.94. The Morgan fingerprint density at radius 2 is 1.64 bits per heavy atom. The van der Waals surface area contributed by atoms with Crippen molar-refractivity contribution < 1.29 is 0 Å². The predicted octanol–water partition coefficient (Wildman–Crippen LogP) is 2.67. The zero-order valence-corrected chi connectivity index (χ0v) is 8.65. The molecule has 1 N–H and O–H groups in total. The monoisotopic (exact) mass is 157 g/mol. The zero-order chi connectivity index (χ0) is 8.85. The van der Waals surface area contributed by atoms with Crippen LogP contribution < -0.4 is 5.32 Å². The second-order valence-electron chi connectivity index (χ2n) is 3.94. The minimum absolute atomic E-state index is 0.677. The van der Waals surface area contributed by atoms with Gasteiger partial charge in [-0.05, 0) is 31.7 Å². The molecule has 0 aromatic rings. The van der Waals surface area contributed by atoms with Crippen molar-refractivity contribution in [2.45, 2.75) is 47.1 Å². The lowest BCUT2D eigenvalue weighted by atomic mass is 9.98. The van der Waals surface area contributed by atoms with Crippen molar-refractivity contribution in [3.05, 3.63) is 0 Å². The Morgan fingerprint density at radius 1 is 1.09 bits per heavy atom. The van der Waals surface area contributed by atoms with E-state index in [4.69, 9.17) is 0 Å². The molecule has 0 aliphatic rings. The van der Waals surface area contributed by atoms with Crippen LogP contribution in [0.25, 0.3) is 0 Å². The van der Waals surface area contributed by atoms with Gasteiger partial charge >= 0.3 is 0 Å². The smallest absolute Gasteiger partial charge is 0.00362 e. The van der Waals surface area contributed by atoms with E-state index in [9.17, 15) is 0 Å². The molecule has 0 aromatic heterocycles. The molecule has 0 bridgehead atoms. The van der Waals surface area contributed by atoms with Crippen LogP contribution in [0.5, 0.6) is 0 Å². The van der Waals surface area contributed by atoms with Crippen LogP contribution in [0.2, 0.25) is 0 Å². The molecule has 0 amide bonds. The van der Waals surface area contributed by atoms with Crippen LogP contribution in [-0.4, -0.2) is 12.6 Å². The highest BCUT2D eigenvalue weighted by atomic mass is 14.9. The van der Waals surface area contributed by atoms with Crippen LogP contribution in [-0.2, 0) is 0 Å². The van der Waals surface area contributed by atoms with E-state index in [1.807, 2.05) is 0 Å². The first-order valence-electron chi connectivity index (χ1n) is 4.81. The predicted molar refractivity (Wildman–Crippen MR) is 51.8 cm³/mol. The molecule has 0 heterocycles. The lowest BCUT2D eigenvalue weighted by molar-refractivity contribution is 0.370. The molecule has 0 fully saturated rings. The van der Waals surface area contributed by atoms with Gasteiger partial charge in [-0.2, -0.15) is 0 Å². The maximum Gasteiger partial charge on any atom is 0.00362 e. The first-order chi connectivity index (χ1) is 5.07. The molecule has 2 unspecified atom stereocenters. The van der Waals surface area contributed by atoms with Gasteiger partial charge in [-0.1, -0.05) is 27.7 Å².